The lowest BCUT2D eigenvalue weighted by Gasteiger charge is -2.15. The van der Waals surface area contributed by atoms with Crippen molar-refractivity contribution in [1.82, 2.24) is 5.32 Å². The number of phosphoric acid groups is 1. The summed E-state index contributed by atoms with van der Waals surface area (Å²) in [5.74, 6) is -0.528. The number of carbonyl (C=O) groups excluding carboxylic acids is 2. The summed E-state index contributed by atoms with van der Waals surface area (Å²) >= 11 is 0. The van der Waals surface area contributed by atoms with E-state index in [9.17, 15) is 24.2 Å². The van der Waals surface area contributed by atoms with Crippen LogP contribution in [0, 0.1) is 0 Å². The Morgan fingerprint density at radius 3 is 1.69 bits per heavy atom. The van der Waals surface area contributed by atoms with Crippen molar-refractivity contribution in [1.29, 1.82) is 0 Å². The molecular formula is C39H74NO8P. The Morgan fingerprint density at radius 2 is 1.12 bits per heavy atom. The number of ether oxygens (including phenoxy) is 1. The zero-order valence-corrected chi connectivity index (χ0v) is 32.3. The first kappa shape index (κ1) is 47.5. The molecule has 0 bridgehead atoms. The molecule has 0 aromatic heterocycles. The predicted molar refractivity (Wildman–Crippen MR) is 201 cm³/mol. The number of nitrogens with one attached hydrogen (secondary N) is 1. The molecule has 0 aliphatic carbocycles. The molecule has 0 saturated carbocycles. The third-order valence-electron chi connectivity index (χ3n) is 8.38. The molecule has 0 fully saturated rings. The molecule has 2 atom stereocenters. The van der Waals surface area contributed by atoms with E-state index in [1.165, 1.54) is 89.9 Å². The van der Waals surface area contributed by atoms with Gasteiger partial charge < -0.3 is 20.1 Å². The number of rotatable bonds is 37. The van der Waals surface area contributed by atoms with Crippen molar-refractivity contribution in [2.75, 3.05) is 26.4 Å². The van der Waals surface area contributed by atoms with Crippen molar-refractivity contribution in [2.24, 2.45) is 0 Å². The van der Waals surface area contributed by atoms with Gasteiger partial charge in [0.2, 0.25) is 5.91 Å². The highest BCUT2D eigenvalue weighted by Gasteiger charge is 2.23. The first-order valence-corrected chi connectivity index (χ1v) is 21.3. The van der Waals surface area contributed by atoms with Gasteiger partial charge in [-0.2, -0.15) is 0 Å². The summed E-state index contributed by atoms with van der Waals surface area (Å²) in [7, 11) is -4.41. The number of aliphatic hydroxyl groups is 1. The molecule has 1 amide bonds. The van der Waals surface area contributed by atoms with Crippen LogP contribution in [0.25, 0.3) is 0 Å². The molecule has 49 heavy (non-hydrogen) atoms. The molecule has 0 aliphatic rings. The first-order valence-electron chi connectivity index (χ1n) is 19.8. The average molecular weight is 716 g/mol. The summed E-state index contributed by atoms with van der Waals surface area (Å²) in [5, 5.41) is 12.6. The Balaban J connectivity index is 3.62. The van der Waals surface area contributed by atoms with Gasteiger partial charge >= 0.3 is 13.8 Å². The van der Waals surface area contributed by atoms with Crippen molar-refractivity contribution in [3.05, 3.63) is 24.3 Å². The Morgan fingerprint density at radius 1 is 0.633 bits per heavy atom. The van der Waals surface area contributed by atoms with Crippen molar-refractivity contribution in [3.8, 4) is 0 Å². The lowest BCUT2D eigenvalue weighted by molar-refractivity contribution is -0.147. The normalized spacial score (nSPS) is 13.6. The third-order valence-corrected chi connectivity index (χ3v) is 9.37. The van der Waals surface area contributed by atoms with E-state index in [1.54, 1.807) is 0 Å². The highest BCUT2D eigenvalue weighted by molar-refractivity contribution is 7.47. The number of carbonyl (C=O) groups is 2. The van der Waals surface area contributed by atoms with E-state index in [2.05, 4.69) is 43.5 Å². The molecule has 3 N–H and O–H groups in total. The number of amides is 1. The van der Waals surface area contributed by atoms with E-state index in [0.29, 0.717) is 6.42 Å². The summed E-state index contributed by atoms with van der Waals surface area (Å²) in [6, 6.07) is 0. The smallest absolute Gasteiger partial charge is 0.463 e. The molecule has 0 radical (unpaired) electrons. The molecule has 9 nitrogen and oxygen atoms in total. The Kier molecular flexibility index (Phi) is 35.2. The predicted octanol–water partition coefficient (Wildman–Crippen LogP) is 10.4. The number of hydrogen-bond donors (Lipinski definition) is 3. The van der Waals surface area contributed by atoms with Crippen LogP contribution in [0.4, 0.5) is 0 Å². The standard InChI is InChI=1S/C39H74NO8P/c1-3-5-7-9-11-13-15-17-19-21-23-25-27-29-31-38(42)40-33-34-47-49(44,45)48-36-37(41)35-46-39(43)32-30-28-26-24-22-20-18-16-14-12-10-8-6-4-2/h9,11,15,17,37,41H,3-8,10,12-14,16,18-36H2,1-2H3,(H,40,42)(H,44,45)/b11-9-,17-15-. The number of allylic oxidation sites excluding steroid dienone is 4. The van der Waals surface area contributed by atoms with E-state index in [-0.39, 0.29) is 32.1 Å². The van der Waals surface area contributed by atoms with Gasteiger partial charge in [-0.1, -0.05) is 154 Å². The van der Waals surface area contributed by atoms with E-state index < -0.39 is 26.5 Å². The lowest BCUT2D eigenvalue weighted by atomic mass is 10.0. The lowest BCUT2D eigenvalue weighted by Crippen LogP contribution is -2.27. The Bertz CT molecular complexity index is 866. The van der Waals surface area contributed by atoms with Crippen LogP contribution in [0.1, 0.15) is 181 Å². The summed E-state index contributed by atoms with van der Waals surface area (Å²) in [6.07, 6.45) is 36.7. The summed E-state index contributed by atoms with van der Waals surface area (Å²) < 4.78 is 26.8. The quantitative estimate of drug-likeness (QED) is 0.0251. The molecule has 2 unspecified atom stereocenters. The summed E-state index contributed by atoms with van der Waals surface area (Å²) in [4.78, 5) is 33.8. The number of unbranched alkanes of at least 4 members (excludes halogenated alkanes) is 20. The molecule has 0 spiro atoms. The molecule has 0 rings (SSSR count). The maximum absolute atomic E-state index is 12.1. The highest BCUT2D eigenvalue weighted by Crippen LogP contribution is 2.42. The highest BCUT2D eigenvalue weighted by atomic mass is 31.2. The van der Waals surface area contributed by atoms with Crippen LogP contribution in [0.3, 0.4) is 0 Å². The minimum atomic E-state index is -4.41. The number of hydrogen-bond acceptors (Lipinski definition) is 7. The fourth-order valence-electron chi connectivity index (χ4n) is 5.34. The molecule has 0 aliphatic heterocycles. The second-order valence-corrected chi connectivity index (χ2v) is 14.7. The van der Waals surface area contributed by atoms with Crippen LogP contribution >= 0.6 is 7.82 Å². The van der Waals surface area contributed by atoms with Crippen molar-refractivity contribution in [3.63, 3.8) is 0 Å². The number of aliphatic hydroxyl groups excluding tert-OH is 1. The molecule has 288 valence electrons. The maximum atomic E-state index is 12.1. The van der Waals surface area contributed by atoms with Crippen LogP contribution in [0.5, 0.6) is 0 Å². The van der Waals surface area contributed by atoms with Gasteiger partial charge in [-0.05, 0) is 38.5 Å². The largest absolute Gasteiger partial charge is 0.472 e. The maximum Gasteiger partial charge on any atom is 0.472 e. The van der Waals surface area contributed by atoms with Gasteiger partial charge in [0.25, 0.3) is 0 Å². The molecule has 0 aromatic carbocycles. The van der Waals surface area contributed by atoms with Crippen molar-refractivity contribution in [2.45, 2.75) is 187 Å². The topological polar surface area (TPSA) is 131 Å². The van der Waals surface area contributed by atoms with Gasteiger partial charge in [-0.3, -0.25) is 18.6 Å². The summed E-state index contributed by atoms with van der Waals surface area (Å²) in [6.45, 7) is 3.50. The molecular weight excluding hydrogens is 641 g/mol. The van der Waals surface area contributed by atoms with Gasteiger partial charge in [0.1, 0.15) is 12.7 Å². The van der Waals surface area contributed by atoms with Crippen LogP contribution in [0.15, 0.2) is 24.3 Å². The number of esters is 1. The van der Waals surface area contributed by atoms with Gasteiger partial charge in [-0.15, -0.1) is 0 Å². The van der Waals surface area contributed by atoms with Crippen molar-refractivity contribution < 1.29 is 37.9 Å². The minimum Gasteiger partial charge on any atom is -0.463 e. The minimum absolute atomic E-state index is 0.0757. The van der Waals surface area contributed by atoms with Crippen LogP contribution in [-0.2, 0) is 27.9 Å². The molecule has 0 saturated heterocycles. The van der Waals surface area contributed by atoms with Gasteiger partial charge in [0.15, 0.2) is 0 Å². The van der Waals surface area contributed by atoms with Crippen molar-refractivity contribution >= 4 is 19.7 Å². The average Bonchev–Trinajstić information content (AvgIpc) is 3.08. The van der Waals surface area contributed by atoms with Crippen LogP contribution < -0.4 is 5.32 Å². The van der Waals surface area contributed by atoms with E-state index in [0.717, 1.165) is 64.2 Å². The molecule has 0 aromatic rings. The number of phosphoric ester groups is 1. The van der Waals surface area contributed by atoms with Gasteiger partial charge in [0.05, 0.1) is 13.2 Å². The molecule has 10 heteroatoms. The van der Waals surface area contributed by atoms with Gasteiger partial charge in [0, 0.05) is 19.4 Å². The zero-order valence-electron chi connectivity index (χ0n) is 31.4. The third kappa shape index (κ3) is 37.6. The van der Waals surface area contributed by atoms with Gasteiger partial charge in [-0.25, -0.2) is 4.57 Å². The second kappa shape index (κ2) is 36.3. The van der Waals surface area contributed by atoms with Crippen LogP contribution in [0.2, 0.25) is 0 Å². The fraction of sp³-hybridized carbons (Fsp3) is 0.846. The monoisotopic (exact) mass is 716 g/mol. The summed E-state index contributed by atoms with van der Waals surface area (Å²) in [5.41, 5.74) is 0. The first-order chi connectivity index (χ1) is 23.8. The zero-order chi connectivity index (χ0) is 36.1. The Labute approximate surface area is 300 Å². The van der Waals surface area contributed by atoms with Crippen LogP contribution in [-0.4, -0.2) is 54.3 Å². The molecule has 0 heterocycles. The fourth-order valence-corrected chi connectivity index (χ4v) is 6.09. The van der Waals surface area contributed by atoms with E-state index >= 15 is 0 Å². The Hall–Kier alpha value is -1.51. The van der Waals surface area contributed by atoms with E-state index in [4.69, 9.17) is 13.8 Å². The SMILES string of the molecule is CCCC/C=C\C/C=C\CCCCCCCC(=O)NCCOP(=O)(O)OCC(O)COC(=O)CCCCCCCCCCCCCCCC. The van der Waals surface area contributed by atoms with E-state index in [1.807, 2.05) is 0 Å². The second-order valence-electron chi connectivity index (χ2n) is 13.3.